The van der Waals surface area contributed by atoms with Crippen LogP contribution in [0.15, 0.2) is 169 Å². The zero-order chi connectivity index (χ0) is 73.7. The number of ketones is 1. The van der Waals surface area contributed by atoms with Gasteiger partial charge in [-0.3, -0.25) is 14.8 Å². The molecule has 0 saturated heterocycles. The van der Waals surface area contributed by atoms with Crippen LogP contribution in [-0.2, 0) is 27.5 Å². The van der Waals surface area contributed by atoms with Crippen LogP contribution in [0, 0.1) is 63.1 Å². The highest BCUT2D eigenvalue weighted by molar-refractivity contribution is 5.96. The number of carbonyl (C=O) groups excluding carboxylic acids is 1. The number of allylic oxidation sites excluding steroid dienone is 1. The normalized spacial score (nSPS) is 31.2. The summed E-state index contributed by atoms with van der Waals surface area (Å²) in [4.78, 5) is 51.7. The summed E-state index contributed by atoms with van der Waals surface area (Å²) in [5.41, 5.74) is 26.3. The highest BCUT2D eigenvalue weighted by Gasteiger charge is 2.74. The number of rotatable bonds is 15. The molecule has 0 amide bonds. The monoisotopic (exact) mass is 1410 g/mol. The summed E-state index contributed by atoms with van der Waals surface area (Å²) in [5.74, 6) is 4.72. The molecule has 544 valence electrons. The Labute approximate surface area is 634 Å². The molecule has 0 radical (unpaired) electrons. The van der Waals surface area contributed by atoms with E-state index in [1.807, 2.05) is 42.9 Å². The van der Waals surface area contributed by atoms with E-state index in [2.05, 4.69) is 192 Å². The number of aryl methyl sites for hydroxylation is 1. The van der Waals surface area contributed by atoms with Crippen molar-refractivity contribution in [1.29, 1.82) is 0 Å². The van der Waals surface area contributed by atoms with Crippen LogP contribution in [0.2, 0.25) is 0 Å². The lowest BCUT2D eigenvalue weighted by atomic mass is 9.36. The number of oxazole rings is 1. The van der Waals surface area contributed by atoms with Crippen molar-refractivity contribution in [2.24, 2.45) is 56.2 Å². The molecule has 107 heavy (non-hydrogen) atoms. The predicted molar refractivity (Wildman–Crippen MR) is 431 cm³/mol. The molecule has 3 spiro atoms. The van der Waals surface area contributed by atoms with Crippen LogP contribution >= 0.6 is 0 Å². The lowest BCUT2D eigenvalue weighted by molar-refractivity contribution is -0.117. The first-order chi connectivity index (χ1) is 51.5. The Kier molecular flexibility index (Phi) is 15.5. The maximum absolute atomic E-state index is 12.4. The molecule has 19 rings (SSSR count). The van der Waals surface area contributed by atoms with E-state index >= 15 is 0 Å². The first kappa shape index (κ1) is 68.7. The Balaban J connectivity index is 0.646. The second-order valence-corrected chi connectivity index (χ2v) is 37.2. The van der Waals surface area contributed by atoms with Gasteiger partial charge in [-0.25, -0.2) is 24.9 Å². The molecule has 6 bridgehead atoms. The Morgan fingerprint density at radius 1 is 0.421 bits per heavy atom. The van der Waals surface area contributed by atoms with Gasteiger partial charge in [0.05, 0.1) is 56.9 Å². The molecule has 0 atom stereocenters. The van der Waals surface area contributed by atoms with Gasteiger partial charge in [0.25, 0.3) is 0 Å². The Bertz CT molecular complexity index is 5220. The maximum Gasteiger partial charge on any atom is 0.226 e. The van der Waals surface area contributed by atoms with E-state index < -0.39 is 5.41 Å². The van der Waals surface area contributed by atoms with Crippen LogP contribution in [0.5, 0.6) is 0 Å². The topological polar surface area (TPSA) is 120 Å². The summed E-state index contributed by atoms with van der Waals surface area (Å²) >= 11 is 0. The van der Waals surface area contributed by atoms with Crippen LogP contribution in [0.25, 0.3) is 101 Å². The maximum atomic E-state index is 12.4. The van der Waals surface area contributed by atoms with Crippen LogP contribution in [-0.4, -0.2) is 40.7 Å². The summed E-state index contributed by atoms with van der Waals surface area (Å²) in [5, 5.41) is 0. The molecule has 6 saturated carbocycles. The fraction of sp³-hybridized carbons (Fsp3) is 0.449. The fourth-order valence-electron chi connectivity index (χ4n) is 27.0. The van der Waals surface area contributed by atoms with Gasteiger partial charge >= 0.3 is 0 Å². The average Bonchev–Trinajstić information content (AvgIpc) is 1.54. The lowest BCUT2D eigenvalue weighted by Crippen LogP contribution is -2.64. The third-order valence-electron chi connectivity index (χ3n) is 30.7. The lowest BCUT2D eigenvalue weighted by Gasteiger charge is -2.67. The zero-order valence-electron chi connectivity index (χ0n) is 65.3. The number of hydrogen-bond donors (Lipinski definition) is 0. The van der Waals surface area contributed by atoms with E-state index in [4.69, 9.17) is 39.3 Å². The summed E-state index contributed by atoms with van der Waals surface area (Å²) in [6, 6.07) is 49.8. The third kappa shape index (κ3) is 9.39. The van der Waals surface area contributed by atoms with Crippen molar-refractivity contribution in [3.63, 3.8) is 0 Å². The van der Waals surface area contributed by atoms with E-state index in [1.165, 1.54) is 168 Å². The molecule has 0 unspecified atom stereocenters. The number of fused-ring (bicyclic) bond motifs is 9. The molecule has 10 aromatic rings. The van der Waals surface area contributed by atoms with Gasteiger partial charge in [-0.15, -0.1) is 0 Å². The Hall–Kier alpha value is -8.82. The van der Waals surface area contributed by atoms with Crippen molar-refractivity contribution in [2.75, 3.05) is 0 Å². The minimum Gasteiger partial charge on any atom is -0.436 e. The molecule has 9 aliphatic rings. The van der Waals surface area contributed by atoms with Crippen LogP contribution < -0.4 is 0 Å². The van der Waals surface area contributed by atoms with E-state index in [-0.39, 0.29) is 49.1 Å². The van der Waals surface area contributed by atoms with Crippen molar-refractivity contribution >= 4 is 5.78 Å². The molecule has 6 aromatic heterocycles. The van der Waals surface area contributed by atoms with Crippen molar-refractivity contribution in [2.45, 2.75) is 221 Å². The summed E-state index contributed by atoms with van der Waals surface area (Å²) in [7, 11) is 0. The van der Waals surface area contributed by atoms with Crippen LogP contribution in [0.1, 0.15) is 237 Å². The number of aromatic nitrogens is 7. The summed E-state index contributed by atoms with van der Waals surface area (Å²) in [6.45, 7) is 33.2. The highest BCUT2D eigenvalue weighted by Crippen LogP contribution is 2.80. The van der Waals surface area contributed by atoms with Gasteiger partial charge in [0.2, 0.25) is 5.89 Å². The second-order valence-electron chi connectivity index (χ2n) is 37.2. The van der Waals surface area contributed by atoms with Crippen molar-refractivity contribution in [3.05, 3.63) is 209 Å². The van der Waals surface area contributed by atoms with E-state index in [0.717, 1.165) is 76.3 Å². The summed E-state index contributed by atoms with van der Waals surface area (Å²) < 4.78 is 6.59. The van der Waals surface area contributed by atoms with Gasteiger partial charge in [-0.2, -0.15) is 0 Å². The second kappa shape index (κ2) is 24.1. The SMILES string of the molecule is C=C(C)C(=O)Cc1ccc(-c2cnc(-c3ccc4c(c3)C3(c5cc(-c6ccc(-c7ncc(-c8ccc9c(n8)C8(c%10nc(-c%11ccc%12c(n%11)C%11(c%13nc(C)ccc%13-%12)C%12(C)CC(CCC)CC%11(C)CC(CCC)C%12)ccc%10-9)C9(C)CC(CC)CC8(C)CC(CC)C9)cn7)cc6)ccc5-4)C4(C)CCC3(C)CC4)o2)cc1. The van der Waals surface area contributed by atoms with Crippen molar-refractivity contribution in [3.8, 4) is 101 Å². The fourth-order valence-corrected chi connectivity index (χ4v) is 27.0. The smallest absolute Gasteiger partial charge is 0.226 e. The number of nitrogens with zero attached hydrogens (tertiary/aromatic N) is 7. The number of Topliss-reactive ketones (excluding diaryl/α,β-unsaturated/α-hetero) is 1. The Morgan fingerprint density at radius 2 is 0.832 bits per heavy atom. The standard InChI is InChI=1S/C98H105N7O2/c1-14-18-63-51-94(12)53-64(19-15-2)54-95(13,52-63)97(94)84-73(31-20-59(7)102-84)75-35-38-80(104-86(75)97)81-39-36-76-74-34-37-79(103-85(74)98(87(76)105-81)92(10)47-60(16-3)48-93(98,11)50-61(17-4)49-92)70-55-99-88(100-56-70)67-27-25-65(26-28-67)68-29-32-71-72-33-30-69(46-78(72)96(77(71)45-68)90(8)40-42-91(96,9)43-41-90)89-101-57-83(107-89)66-23-21-62(22-24-66)44-82(106)58(5)6/h20-39,45-46,55-57,60-61,63-64H,5,14-19,40-44,47-54H2,1-4,6-13H3. The molecule has 9 nitrogen and oxygen atoms in total. The predicted octanol–water partition coefficient (Wildman–Crippen LogP) is 24.5. The van der Waals surface area contributed by atoms with E-state index in [1.54, 1.807) is 6.92 Å². The molecule has 4 aromatic carbocycles. The van der Waals surface area contributed by atoms with Crippen molar-refractivity contribution < 1.29 is 9.21 Å². The minimum absolute atomic E-state index is 0.00181. The van der Waals surface area contributed by atoms with Gasteiger partial charge in [-0.05, 0) is 234 Å². The number of pyridine rings is 4. The highest BCUT2D eigenvalue weighted by atomic mass is 16.4. The van der Waals surface area contributed by atoms with E-state index in [9.17, 15) is 4.79 Å². The molecule has 6 heterocycles. The third-order valence-corrected chi connectivity index (χ3v) is 30.7. The zero-order valence-corrected chi connectivity index (χ0v) is 65.3. The molecular weight excluding hydrogens is 1310 g/mol. The van der Waals surface area contributed by atoms with Gasteiger partial charge in [-0.1, -0.05) is 205 Å². The van der Waals surface area contributed by atoms with Crippen LogP contribution in [0.4, 0.5) is 0 Å². The molecule has 0 aliphatic heterocycles. The molecule has 9 heteroatoms. The Morgan fingerprint density at radius 3 is 1.32 bits per heavy atom. The molecule has 0 N–H and O–H groups in total. The average molecular weight is 1410 g/mol. The van der Waals surface area contributed by atoms with Gasteiger partial charge in [0.15, 0.2) is 17.4 Å². The number of hydrogen-bond acceptors (Lipinski definition) is 9. The van der Waals surface area contributed by atoms with Gasteiger partial charge < -0.3 is 4.42 Å². The molecule has 9 aliphatic carbocycles. The number of benzene rings is 4. The van der Waals surface area contributed by atoms with E-state index in [0.29, 0.717) is 53.1 Å². The first-order valence-corrected chi connectivity index (χ1v) is 41.0. The molecule has 6 fully saturated rings. The van der Waals surface area contributed by atoms with Crippen LogP contribution in [0.3, 0.4) is 0 Å². The summed E-state index contributed by atoms with van der Waals surface area (Å²) in [6.07, 6.45) is 27.8. The van der Waals surface area contributed by atoms with Crippen molar-refractivity contribution in [1.82, 2.24) is 34.9 Å². The number of carbonyl (C=O) groups is 1. The van der Waals surface area contributed by atoms with Gasteiger partial charge in [0.1, 0.15) is 0 Å². The quantitative estimate of drug-likeness (QED) is 0.0924. The first-order valence-electron chi connectivity index (χ1n) is 41.0. The largest absolute Gasteiger partial charge is 0.436 e. The molecular formula is C98H105N7O2. The minimum atomic E-state index is -0.440. The van der Waals surface area contributed by atoms with Gasteiger partial charge in [0, 0.05) is 74.4 Å².